The van der Waals surface area contributed by atoms with Crippen LogP contribution in [0.15, 0.2) is 18.5 Å². The highest BCUT2D eigenvalue weighted by Gasteiger charge is 2.21. The van der Waals surface area contributed by atoms with Crippen LogP contribution in [0.25, 0.3) is 0 Å². The maximum Gasteiger partial charge on any atom is 0.326 e. The number of nitrogens with zero attached hydrogens (tertiary/aromatic N) is 2. The first kappa shape index (κ1) is 13.1. The van der Waals surface area contributed by atoms with Crippen molar-refractivity contribution >= 4 is 11.9 Å². The van der Waals surface area contributed by atoms with Crippen molar-refractivity contribution in [3.8, 4) is 0 Å². The van der Waals surface area contributed by atoms with Crippen LogP contribution in [-0.4, -0.2) is 33.2 Å². The smallest absolute Gasteiger partial charge is 0.326 e. The molecule has 2 N–H and O–H groups in total. The van der Waals surface area contributed by atoms with E-state index in [0.717, 1.165) is 0 Å². The van der Waals surface area contributed by atoms with E-state index in [2.05, 4.69) is 15.5 Å². The standard InChI is InChI=1S/C11H15N3O3/c1-7(2)5-9(11(16)17)14-10(15)8-3-4-12-13-6-8/h3-4,6-7,9H,5H2,1-2H3,(H,14,15)(H,16,17). The Morgan fingerprint density at radius 3 is 2.59 bits per heavy atom. The predicted octanol–water partition coefficient (Wildman–Crippen LogP) is 0.706. The molecule has 0 aliphatic rings. The van der Waals surface area contributed by atoms with Gasteiger partial charge in [-0.3, -0.25) is 4.79 Å². The molecule has 17 heavy (non-hydrogen) atoms. The van der Waals surface area contributed by atoms with E-state index in [-0.39, 0.29) is 5.92 Å². The molecule has 0 spiro atoms. The number of carbonyl (C=O) groups excluding carboxylic acids is 1. The lowest BCUT2D eigenvalue weighted by atomic mass is 10.0. The molecule has 1 aromatic heterocycles. The van der Waals surface area contributed by atoms with Gasteiger partial charge in [0, 0.05) is 0 Å². The zero-order valence-electron chi connectivity index (χ0n) is 9.75. The fourth-order valence-electron chi connectivity index (χ4n) is 1.36. The molecule has 6 heteroatoms. The van der Waals surface area contributed by atoms with Crippen LogP contribution in [0.4, 0.5) is 0 Å². The quantitative estimate of drug-likeness (QED) is 0.786. The summed E-state index contributed by atoms with van der Waals surface area (Å²) in [6.07, 6.45) is 3.07. The van der Waals surface area contributed by atoms with Crippen molar-refractivity contribution in [1.29, 1.82) is 0 Å². The summed E-state index contributed by atoms with van der Waals surface area (Å²) < 4.78 is 0. The average Bonchev–Trinajstić information content (AvgIpc) is 2.28. The molecule has 1 aromatic rings. The molecule has 6 nitrogen and oxygen atoms in total. The van der Waals surface area contributed by atoms with Gasteiger partial charge < -0.3 is 10.4 Å². The Morgan fingerprint density at radius 2 is 2.12 bits per heavy atom. The number of rotatable bonds is 5. The summed E-state index contributed by atoms with van der Waals surface area (Å²) in [6.45, 7) is 3.80. The molecular weight excluding hydrogens is 222 g/mol. The number of carboxylic acids is 1. The molecule has 0 radical (unpaired) electrons. The first-order chi connectivity index (χ1) is 8.00. The number of hydrogen-bond acceptors (Lipinski definition) is 4. The summed E-state index contributed by atoms with van der Waals surface area (Å²) in [5, 5.41) is 18.5. The second-order valence-electron chi connectivity index (χ2n) is 4.12. The second kappa shape index (κ2) is 5.93. The first-order valence-electron chi connectivity index (χ1n) is 5.31. The maximum absolute atomic E-state index is 11.7. The molecule has 0 aliphatic carbocycles. The van der Waals surface area contributed by atoms with Gasteiger partial charge in [-0.2, -0.15) is 10.2 Å². The van der Waals surface area contributed by atoms with E-state index in [1.54, 1.807) is 0 Å². The number of carbonyl (C=O) groups is 2. The number of aliphatic carboxylic acids is 1. The van der Waals surface area contributed by atoms with Gasteiger partial charge in [-0.05, 0) is 18.4 Å². The number of nitrogens with one attached hydrogen (secondary N) is 1. The summed E-state index contributed by atoms with van der Waals surface area (Å²) in [7, 11) is 0. The normalized spacial score (nSPS) is 12.2. The average molecular weight is 237 g/mol. The zero-order chi connectivity index (χ0) is 12.8. The summed E-state index contributed by atoms with van der Waals surface area (Å²) in [4.78, 5) is 22.7. The zero-order valence-corrected chi connectivity index (χ0v) is 9.75. The monoisotopic (exact) mass is 237 g/mol. The van der Waals surface area contributed by atoms with Gasteiger partial charge in [0.05, 0.1) is 18.0 Å². The maximum atomic E-state index is 11.7. The summed E-state index contributed by atoms with van der Waals surface area (Å²) in [6, 6.07) is 0.604. The Labute approximate surface area is 99.1 Å². The molecular formula is C11H15N3O3. The Balaban J connectivity index is 2.68. The van der Waals surface area contributed by atoms with E-state index in [9.17, 15) is 9.59 Å². The van der Waals surface area contributed by atoms with Crippen LogP contribution in [0.1, 0.15) is 30.6 Å². The molecule has 0 fully saturated rings. The van der Waals surface area contributed by atoms with Gasteiger partial charge in [0.15, 0.2) is 0 Å². The van der Waals surface area contributed by atoms with E-state index in [1.807, 2.05) is 13.8 Å². The van der Waals surface area contributed by atoms with Crippen molar-refractivity contribution in [2.24, 2.45) is 5.92 Å². The molecule has 1 atom stereocenters. The van der Waals surface area contributed by atoms with Gasteiger partial charge in [-0.25, -0.2) is 4.79 Å². The van der Waals surface area contributed by atoms with Crippen molar-refractivity contribution in [2.45, 2.75) is 26.3 Å². The van der Waals surface area contributed by atoms with Crippen molar-refractivity contribution in [1.82, 2.24) is 15.5 Å². The van der Waals surface area contributed by atoms with Crippen LogP contribution in [0.3, 0.4) is 0 Å². The summed E-state index contributed by atoms with van der Waals surface area (Å²) in [5.74, 6) is -1.30. The lowest BCUT2D eigenvalue weighted by molar-refractivity contribution is -0.139. The summed E-state index contributed by atoms with van der Waals surface area (Å²) >= 11 is 0. The van der Waals surface area contributed by atoms with Gasteiger partial charge in [0.25, 0.3) is 5.91 Å². The van der Waals surface area contributed by atoms with Gasteiger partial charge in [0.2, 0.25) is 0 Å². The minimum absolute atomic E-state index is 0.187. The highest BCUT2D eigenvalue weighted by Crippen LogP contribution is 2.06. The van der Waals surface area contributed by atoms with Gasteiger partial charge in [-0.15, -0.1) is 0 Å². The van der Waals surface area contributed by atoms with E-state index >= 15 is 0 Å². The number of aromatic nitrogens is 2. The van der Waals surface area contributed by atoms with Crippen molar-refractivity contribution in [3.05, 3.63) is 24.0 Å². The third-order valence-electron chi connectivity index (χ3n) is 2.16. The molecule has 0 bridgehead atoms. The number of amides is 1. The van der Waals surface area contributed by atoms with E-state index < -0.39 is 17.9 Å². The second-order valence-corrected chi connectivity index (χ2v) is 4.12. The Kier molecular flexibility index (Phi) is 4.56. The van der Waals surface area contributed by atoms with Crippen LogP contribution in [0.5, 0.6) is 0 Å². The molecule has 1 rings (SSSR count). The molecule has 92 valence electrons. The minimum Gasteiger partial charge on any atom is -0.480 e. The molecule has 0 saturated carbocycles. The third-order valence-corrected chi connectivity index (χ3v) is 2.16. The van der Waals surface area contributed by atoms with Crippen LogP contribution in [0.2, 0.25) is 0 Å². The molecule has 1 heterocycles. The van der Waals surface area contributed by atoms with Crippen LogP contribution in [-0.2, 0) is 4.79 Å². The Bertz CT molecular complexity index is 392. The van der Waals surface area contributed by atoms with Crippen molar-refractivity contribution in [2.75, 3.05) is 0 Å². The van der Waals surface area contributed by atoms with E-state index in [0.29, 0.717) is 12.0 Å². The fourth-order valence-corrected chi connectivity index (χ4v) is 1.36. The SMILES string of the molecule is CC(C)CC(NC(=O)c1ccnnc1)C(=O)O. The molecule has 0 aliphatic heterocycles. The van der Waals surface area contributed by atoms with E-state index in [4.69, 9.17) is 5.11 Å². The highest BCUT2D eigenvalue weighted by atomic mass is 16.4. The van der Waals surface area contributed by atoms with Gasteiger partial charge >= 0.3 is 5.97 Å². The lowest BCUT2D eigenvalue weighted by Crippen LogP contribution is -2.41. The Morgan fingerprint density at radius 1 is 1.41 bits per heavy atom. The molecule has 0 aromatic carbocycles. The molecule has 0 saturated heterocycles. The first-order valence-corrected chi connectivity index (χ1v) is 5.31. The molecule has 1 amide bonds. The van der Waals surface area contributed by atoms with Gasteiger partial charge in [-0.1, -0.05) is 13.8 Å². The predicted molar refractivity (Wildman–Crippen MR) is 60.4 cm³/mol. The number of hydrogen-bond donors (Lipinski definition) is 2. The third kappa shape index (κ3) is 4.18. The topological polar surface area (TPSA) is 92.2 Å². The van der Waals surface area contributed by atoms with Crippen LogP contribution < -0.4 is 5.32 Å². The minimum atomic E-state index is -1.03. The largest absolute Gasteiger partial charge is 0.480 e. The van der Waals surface area contributed by atoms with Crippen LogP contribution in [0, 0.1) is 5.92 Å². The summed E-state index contributed by atoms with van der Waals surface area (Å²) in [5.41, 5.74) is 0.301. The number of carboxylic acid groups (broad SMARTS) is 1. The van der Waals surface area contributed by atoms with E-state index in [1.165, 1.54) is 18.5 Å². The van der Waals surface area contributed by atoms with Crippen LogP contribution >= 0.6 is 0 Å². The van der Waals surface area contributed by atoms with Crippen molar-refractivity contribution < 1.29 is 14.7 Å². The van der Waals surface area contributed by atoms with Gasteiger partial charge in [0.1, 0.15) is 6.04 Å². The van der Waals surface area contributed by atoms with Crippen molar-refractivity contribution in [3.63, 3.8) is 0 Å². The Hall–Kier alpha value is -1.98. The molecule has 1 unspecified atom stereocenters. The lowest BCUT2D eigenvalue weighted by Gasteiger charge is -2.16. The fraction of sp³-hybridized carbons (Fsp3) is 0.455. The highest BCUT2D eigenvalue weighted by molar-refractivity contribution is 5.96.